The number of halogens is 1. The maximum absolute atomic E-state index is 13.6. The first-order valence-corrected chi connectivity index (χ1v) is 15.0. The minimum atomic E-state index is -0.396. The molecule has 2 aliphatic carbocycles. The van der Waals surface area contributed by atoms with Crippen molar-refractivity contribution in [3.05, 3.63) is 0 Å². The number of ether oxygens (including phenoxy) is 1. The van der Waals surface area contributed by atoms with E-state index in [-0.39, 0.29) is 58.6 Å². The number of aliphatic hydroxyl groups is 1. The Kier molecular flexibility index (Phi) is 8.72. The van der Waals surface area contributed by atoms with Crippen LogP contribution in [0.4, 0.5) is 0 Å². The van der Waals surface area contributed by atoms with Gasteiger partial charge in [0, 0.05) is 43.5 Å². The number of fused-ring (bicyclic) bond motifs is 1. The van der Waals surface area contributed by atoms with Crippen molar-refractivity contribution in [2.75, 3.05) is 20.2 Å². The van der Waals surface area contributed by atoms with Crippen LogP contribution >= 0.6 is 23.4 Å². The number of aliphatic hydroxyl groups excluding tert-OH is 1. The van der Waals surface area contributed by atoms with Gasteiger partial charge in [0.2, 0.25) is 11.8 Å². The molecule has 0 radical (unpaired) electrons. The number of amides is 2. The minimum absolute atomic E-state index is 0.0226. The van der Waals surface area contributed by atoms with Gasteiger partial charge in [0.05, 0.1) is 29.7 Å². The molecule has 6 N–H and O–H groups in total. The number of nitrogens with one attached hydrogen (secondary N) is 5. The van der Waals surface area contributed by atoms with Crippen molar-refractivity contribution in [1.82, 2.24) is 26.6 Å². The van der Waals surface area contributed by atoms with E-state index in [1.807, 2.05) is 0 Å². The molecule has 0 aromatic heterocycles. The highest BCUT2D eigenvalue weighted by molar-refractivity contribution is 8.00. The van der Waals surface area contributed by atoms with E-state index in [9.17, 15) is 14.7 Å². The third kappa shape index (κ3) is 5.84. The zero-order valence-corrected chi connectivity index (χ0v) is 22.8. The average molecular weight is 544 g/mol. The van der Waals surface area contributed by atoms with Gasteiger partial charge in [0.25, 0.3) is 0 Å². The number of piperidine rings is 2. The van der Waals surface area contributed by atoms with Gasteiger partial charge in [0.15, 0.2) is 0 Å². The van der Waals surface area contributed by atoms with Gasteiger partial charge < -0.3 is 25.8 Å². The molecule has 11 heteroatoms. The summed E-state index contributed by atoms with van der Waals surface area (Å²) in [7, 11) is 1.75. The molecule has 3 heterocycles. The SMILES string of the molecule is COC1CNC(Cl)CC1C1CC(C)NCC1C(=O)NC1NC2CC[C@H](C(=O)N[C@H]3CC[C@@H]3O)CC2S1. The van der Waals surface area contributed by atoms with Crippen molar-refractivity contribution >= 4 is 35.2 Å². The lowest BCUT2D eigenvalue weighted by Gasteiger charge is -2.45. The molecule has 36 heavy (non-hydrogen) atoms. The number of rotatable bonds is 6. The van der Waals surface area contributed by atoms with E-state index in [2.05, 4.69) is 33.5 Å². The van der Waals surface area contributed by atoms with E-state index in [4.69, 9.17) is 16.3 Å². The van der Waals surface area contributed by atoms with Crippen LogP contribution in [0.2, 0.25) is 0 Å². The van der Waals surface area contributed by atoms with Gasteiger partial charge in [-0.1, -0.05) is 0 Å². The second kappa shape index (κ2) is 11.6. The maximum Gasteiger partial charge on any atom is 0.226 e. The van der Waals surface area contributed by atoms with Gasteiger partial charge in [-0.3, -0.25) is 20.2 Å². The monoisotopic (exact) mass is 543 g/mol. The lowest BCUT2D eigenvalue weighted by atomic mass is 9.70. The molecular formula is C25H42ClN5O4S. The Hall–Kier alpha value is -0.620. The van der Waals surface area contributed by atoms with Crippen molar-refractivity contribution in [2.24, 2.45) is 23.7 Å². The normalized spacial score (nSPS) is 46.9. The summed E-state index contributed by atoms with van der Waals surface area (Å²) in [5.74, 6) is 0.435. The highest BCUT2D eigenvalue weighted by atomic mass is 35.5. The molecule has 9 nitrogen and oxygen atoms in total. The highest BCUT2D eigenvalue weighted by Crippen LogP contribution is 2.40. The summed E-state index contributed by atoms with van der Waals surface area (Å²) in [6, 6.07) is 0.576. The smallest absolute Gasteiger partial charge is 0.226 e. The summed E-state index contributed by atoms with van der Waals surface area (Å²) < 4.78 is 5.80. The molecule has 5 rings (SSSR count). The van der Waals surface area contributed by atoms with Crippen molar-refractivity contribution in [3.63, 3.8) is 0 Å². The second-order valence-corrected chi connectivity index (χ2v) is 13.3. The molecule has 0 bridgehead atoms. The van der Waals surface area contributed by atoms with Crippen molar-refractivity contribution in [2.45, 2.75) is 98.5 Å². The first kappa shape index (κ1) is 27.0. The fourth-order valence-corrected chi connectivity index (χ4v) is 8.68. The Balaban J connectivity index is 1.17. The lowest BCUT2D eigenvalue weighted by Crippen LogP contribution is -2.57. The number of thioether (sulfide) groups is 1. The van der Waals surface area contributed by atoms with E-state index < -0.39 is 6.10 Å². The van der Waals surface area contributed by atoms with Crippen LogP contribution in [-0.2, 0) is 14.3 Å². The molecule has 3 saturated heterocycles. The summed E-state index contributed by atoms with van der Waals surface area (Å²) in [5, 5.41) is 26.8. The molecule has 3 aliphatic heterocycles. The van der Waals surface area contributed by atoms with Crippen LogP contribution < -0.4 is 26.6 Å². The largest absolute Gasteiger partial charge is 0.391 e. The molecule has 204 valence electrons. The molecule has 0 aromatic rings. The Bertz CT molecular complexity index is 810. The Morgan fingerprint density at radius 3 is 2.56 bits per heavy atom. The van der Waals surface area contributed by atoms with Gasteiger partial charge in [-0.2, -0.15) is 0 Å². The lowest BCUT2D eigenvalue weighted by molar-refractivity contribution is -0.130. The van der Waals surface area contributed by atoms with Crippen LogP contribution in [-0.4, -0.2) is 83.7 Å². The van der Waals surface area contributed by atoms with Gasteiger partial charge in [-0.25, -0.2) is 0 Å². The number of carbonyl (C=O) groups is 2. The van der Waals surface area contributed by atoms with Crippen molar-refractivity contribution in [1.29, 1.82) is 0 Å². The number of carbonyl (C=O) groups excluding carboxylic acids is 2. The standard InChI is InChI=1S/C25H42ClN5O4S/c1-12-7-14(15-9-22(26)28-11-20(15)35-2)16(10-27-12)24(34)31-25-30-18-4-3-13(8-21(18)36-25)23(33)29-17-5-6-19(17)32/h12-22,25,27-28,30,32H,3-11H2,1-2H3,(H,29,33)(H,31,34)/t12?,13-,14?,15?,16?,17-,18?,19-,20?,21?,22?,25?/m0/s1. The fraction of sp³-hybridized carbons (Fsp3) is 0.920. The van der Waals surface area contributed by atoms with E-state index in [0.717, 1.165) is 44.9 Å². The molecule has 9 unspecified atom stereocenters. The van der Waals surface area contributed by atoms with Crippen LogP contribution in [0.1, 0.15) is 51.9 Å². The van der Waals surface area contributed by atoms with Crippen LogP contribution in [0.25, 0.3) is 0 Å². The number of hydrogen-bond acceptors (Lipinski definition) is 8. The maximum atomic E-state index is 13.6. The van der Waals surface area contributed by atoms with E-state index in [0.29, 0.717) is 30.4 Å². The van der Waals surface area contributed by atoms with E-state index >= 15 is 0 Å². The molecular weight excluding hydrogens is 502 g/mol. The first-order chi connectivity index (χ1) is 17.3. The number of methoxy groups -OCH3 is 1. The van der Waals surface area contributed by atoms with E-state index in [1.54, 1.807) is 18.9 Å². The van der Waals surface area contributed by atoms with Gasteiger partial charge in [0.1, 0.15) is 5.50 Å². The van der Waals surface area contributed by atoms with Crippen molar-refractivity contribution in [3.8, 4) is 0 Å². The zero-order valence-electron chi connectivity index (χ0n) is 21.3. The van der Waals surface area contributed by atoms with Crippen LogP contribution in [0.15, 0.2) is 0 Å². The molecule has 0 spiro atoms. The minimum Gasteiger partial charge on any atom is -0.391 e. The summed E-state index contributed by atoms with van der Waals surface area (Å²) >= 11 is 8.21. The third-order valence-electron chi connectivity index (χ3n) is 9.19. The molecule has 12 atom stereocenters. The Morgan fingerprint density at radius 1 is 1.00 bits per heavy atom. The molecule has 0 aromatic carbocycles. The topological polar surface area (TPSA) is 124 Å². The van der Waals surface area contributed by atoms with Gasteiger partial charge in [-0.15, -0.1) is 23.4 Å². The average Bonchev–Trinajstić information content (AvgIpc) is 3.27. The van der Waals surface area contributed by atoms with Crippen LogP contribution in [0.5, 0.6) is 0 Å². The molecule has 2 amide bonds. The quantitative estimate of drug-likeness (QED) is 0.214. The van der Waals surface area contributed by atoms with Crippen LogP contribution in [0.3, 0.4) is 0 Å². The fourth-order valence-electron chi connectivity index (χ4n) is 6.85. The van der Waals surface area contributed by atoms with Gasteiger partial charge in [-0.05, 0) is 63.7 Å². The predicted molar refractivity (Wildman–Crippen MR) is 140 cm³/mol. The van der Waals surface area contributed by atoms with Crippen molar-refractivity contribution < 1.29 is 19.4 Å². The van der Waals surface area contributed by atoms with Crippen LogP contribution in [0, 0.1) is 23.7 Å². The zero-order chi connectivity index (χ0) is 25.4. The summed E-state index contributed by atoms with van der Waals surface area (Å²) in [4.78, 5) is 26.3. The summed E-state index contributed by atoms with van der Waals surface area (Å²) in [6.07, 6.45) is 5.57. The van der Waals surface area contributed by atoms with E-state index in [1.165, 1.54) is 0 Å². The Labute approximate surface area is 223 Å². The summed E-state index contributed by atoms with van der Waals surface area (Å²) in [5.41, 5.74) is -0.238. The first-order valence-electron chi connectivity index (χ1n) is 13.7. The predicted octanol–water partition coefficient (Wildman–Crippen LogP) is 0.703. The molecule has 5 fully saturated rings. The second-order valence-electron chi connectivity index (χ2n) is 11.5. The highest BCUT2D eigenvalue weighted by Gasteiger charge is 2.46. The molecule has 2 saturated carbocycles. The third-order valence-corrected chi connectivity index (χ3v) is 10.9. The molecule has 5 aliphatic rings. The Morgan fingerprint density at radius 2 is 1.83 bits per heavy atom. The summed E-state index contributed by atoms with van der Waals surface area (Å²) in [6.45, 7) is 3.55. The number of alkyl halides is 1. The van der Waals surface area contributed by atoms with Gasteiger partial charge >= 0.3 is 0 Å². The number of hydrogen-bond donors (Lipinski definition) is 6.